The SMILES string of the molecule is Cl.Cl.NC1CCCN2CCOCC12. The van der Waals surface area contributed by atoms with Gasteiger partial charge in [-0.1, -0.05) is 0 Å². The van der Waals surface area contributed by atoms with Crippen molar-refractivity contribution in [1.82, 2.24) is 4.90 Å². The van der Waals surface area contributed by atoms with Crippen molar-refractivity contribution in [2.24, 2.45) is 5.73 Å². The Labute approximate surface area is 91.8 Å². The first kappa shape index (κ1) is 13.5. The van der Waals surface area contributed by atoms with E-state index in [0.29, 0.717) is 12.1 Å². The summed E-state index contributed by atoms with van der Waals surface area (Å²) in [7, 11) is 0. The highest BCUT2D eigenvalue weighted by molar-refractivity contribution is 5.85. The van der Waals surface area contributed by atoms with Crippen LogP contribution in [0.1, 0.15) is 12.8 Å². The van der Waals surface area contributed by atoms with Crippen molar-refractivity contribution in [2.75, 3.05) is 26.3 Å². The number of ether oxygens (including phenoxy) is 1. The van der Waals surface area contributed by atoms with Gasteiger partial charge < -0.3 is 10.5 Å². The summed E-state index contributed by atoms with van der Waals surface area (Å²) < 4.78 is 5.39. The van der Waals surface area contributed by atoms with Gasteiger partial charge in [-0.15, -0.1) is 24.8 Å². The van der Waals surface area contributed by atoms with Gasteiger partial charge in [0.15, 0.2) is 0 Å². The summed E-state index contributed by atoms with van der Waals surface area (Å²) in [6, 6.07) is 0.863. The highest BCUT2D eigenvalue weighted by Crippen LogP contribution is 2.18. The van der Waals surface area contributed by atoms with E-state index in [4.69, 9.17) is 10.5 Å². The second-order valence-electron chi connectivity index (χ2n) is 3.48. The Hall–Kier alpha value is 0.460. The van der Waals surface area contributed by atoms with Crippen LogP contribution in [-0.4, -0.2) is 43.3 Å². The maximum atomic E-state index is 5.97. The third-order valence-electron chi connectivity index (χ3n) is 2.76. The second kappa shape index (κ2) is 6.04. The molecule has 0 aromatic heterocycles. The highest BCUT2D eigenvalue weighted by Gasteiger charge is 2.30. The van der Waals surface area contributed by atoms with Crippen molar-refractivity contribution in [3.8, 4) is 0 Å². The summed E-state index contributed by atoms with van der Waals surface area (Å²) in [6.45, 7) is 4.05. The zero-order valence-electron chi connectivity index (χ0n) is 7.65. The fourth-order valence-electron chi connectivity index (χ4n) is 2.05. The van der Waals surface area contributed by atoms with Gasteiger partial charge in [-0.2, -0.15) is 0 Å². The van der Waals surface area contributed by atoms with Crippen molar-refractivity contribution < 1.29 is 4.74 Å². The van der Waals surface area contributed by atoms with Gasteiger partial charge >= 0.3 is 0 Å². The molecule has 13 heavy (non-hydrogen) atoms. The fraction of sp³-hybridized carbons (Fsp3) is 1.00. The monoisotopic (exact) mass is 228 g/mol. The third-order valence-corrected chi connectivity index (χ3v) is 2.76. The molecule has 2 heterocycles. The predicted molar refractivity (Wildman–Crippen MR) is 57.9 cm³/mol. The van der Waals surface area contributed by atoms with Gasteiger partial charge in [-0.05, 0) is 19.4 Å². The van der Waals surface area contributed by atoms with E-state index in [1.165, 1.54) is 19.4 Å². The molecule has 2 N–H and O–H groups in total. The van der Waals surface area contributed by atoms with E-state index < -0.39 is 0 Å². The molecule has 2 saturated heterocycles. The van der Waals surface area contributed by atoms with Crippen LogP contribution in [0.5, 0.6) is 0 Å². The van der Waals surface area contributed by atoms with Crippen molar-refractivity contribution in [2.45, 2.75) is 24.9 Å². The first-order chi connectivity index (χ1) is 5.38. The zero-order valence-corrected chi connectivity index (χ0v) is 9.28. The van der Waals surface area contributed by atoms with Gasteiger partial charge in [0, 0.05) is 18.6 Å². The summed E-state index contributed by atoms with van der Waals surface area (Å²) in [5.41, 5.74) is 5.97. The summed E-state index contributed by atoms with van der Waals surface area (Å²) in [5, 5.41) is 0. The summed E-state index contributed by atoms with van der Waals surface area (Å²) in [4.78, 5) is 2.47. The maximum absolute atomic E-state index is 5.97. The molecule has 0 bridgehead atoms. The molecular weight excluding hydrogens is 211 g/mol. The van der Waals surface area contributed by atoms with E-state index in [0.717, 1.165) is 19.8 Å². The molecule has 0 aliphatic carbocycles. The Morgan fingerprint density at radius 1 is 1.23 bits per heavy atom. The average Bonchev–Trinajstić information content (AvgIpc) is 2.06. The molecule has 2 aliphatic rings. The summed E-state index contributed by atoms with van der Waals surface area (Å²) >= 11 is 0. The number of hydrogen-bond donors (Lipinski definition) is 1. The molecule has 0 radical (unpaired) electrons. The Balaban J connectivity index is 0.000000720. The normalized spacial score (nSPS) is 33.9. The number of nitrogens with zero attached hydrogens (tertiary/aromatic N) is 1. The second-order valence-corrected chi connectivity index (χ2v) is 3.48. The maximum Gasteiger partial charge on any atom is 0.0637 e. The Morgan fingerprint density at radius 3 is 2.69 bits per heavy atom. The molecule has 5 heteroatoms. The highest BCUT2D eigenvalue weighted by atomic mass is 35.5. The fourth-order valence-corrected chi connectivity index (χ4v) is 2.05. The number of nitrogens with two attached hydrogens (primary N) is 1. The summed E-state index contributed by atoms with van der Waals surface area (Å²) in [5.74, 6) is 0. The molecule has 2 unspecified atom stereocenters. The van der Waals surface area contributed by atoms with E-state index in [1.54, 1.807) is 0 Å². The molecule has 3 nitrogen and oxygen atoms in total. The number of rotatable bonds is 0. The van der Waals surface area contributed by atoms with Gasteiger partial charge in [0.1, 0.15) is 0 Å². The van der Waals surface area contributed by atoms with E-state index in [2.05, 4.69) is 4.90 Å². The van der Waals surface area contributed by atoms with Gasteiger partial charge in [0.25, 0.3) is 0 Å². The van der Waals surface area contributed by atoms with Crippen LogP contribution in [0, 0.1) is 0 Å². The Morgan fingerprint density at radius 2 is 2.00 bits per heavy atom. The number of halogens is 2. The van der Waals surface area contributed by atoms with Gasteiger partial charge in [-0.3, -0.25) is 4.90 Å². The number of morpholine rings is 1. The van der Waals surface area contributed by atoms with Crippen LogP contribution in [0.2, 0.25) is 0 Å². The van der Waals surface area contributed by atoms with Gasteiger partial charge in [0.05, 0.1) is 13.2 Å². The van der Waals surface area contributed by atoms with Crippen molar-refractivity contribution >= 4 is 24.8 Å². The van der Waals surface area contributed by atoms with Crippen LogP contribution in [0.15, 0.2) is 0 Å². The lowest BCUT2D eigenvalue weighted by atomic mass is 9.97. The number of piperidine rings is 1. The lowest BCUT2D eigenvalue weighted by Gasteiger charge is -2.42. The number of fused-ring (bicyclic) bond motifs is 1. The molecule has 0 saturated carbocycles. The lowest BCUT2D eigenvalue weighted by molar-refractivity contribution is -0.0311. The van der Waals surface area contributed by atoms with Crippen molar-refractivity contribution in [3.05, 3.63) is 0 Å². The van der Waals surface area contributed by atoms with Crippen LogP contribution >= 0.6 is 24.8 Å². The van der Waals surface area contributed by atoms with Crippen molar-refractivity contribution in [1.29, 1.82) is 0 Å². The van der Waals surface area contributed by atoms with Crippen LogP contribution in [-0.2, 0) is 4.74 Å². The molecule has 0 amide bonds. The predicted octanol–water partition coefficient (Wildman–Crippen LogP) is 0.652. The largest absolute Gasteiger partial charge is 0.378 e. The number of hydrogen-bond acceptors (Lipinski definition) is 3. The minimum Gasteiger partial charge on any atom is -0.378 e. The first-order valence-corrected chi connectivity index (χ1v) is 4.45. The van der Waals surface area contributed by atoms with Crippen LogP contribution < -0.4 is 5.73 Å². The van der Waals surface area contributed by atoms with E-state index in [-0.39, 0.29) is 24.8 Å². The average molecular weight is 229 g/mol. The third kappa shape index (κ3) is 2.96. The van der Waals surface area contributed by atoms with Crippen LogP contribution in [0.25, 0.3) is 0 Å². The van der Waals surface area contributed by atoms with E-state index in [1.807, 2.05) is 0 Å². The first-order valence-electron chi connectivity index (χ1n) is 4.45. The topological polar surface area (TPSA) is 38.5 Å². The Bertz CT molecular complexity index is 146. The minimum absolute atomic E-state index is 0. The van der Waals surface area contributed by atoms with Crippen LogP contribution in [0.3, 0.4) is 0 Å². The Kier molecular flexibility index (Phi) is 6.25. The molecule has 2 atom stereocenters. The smallest absolute Gasteiger partial charge is 0.0637 e. The lowest BCUT2D eigenvalue weighted by Crippen LogP contribution is -2.57. The molecule has 2 fully saturated rings. The van der Waals surface area contributed by atoms with Crippen LogP contribution in [0.4, 0.5) is 0 Å². The van der Waals surface area contributed by atoms with Gasteiger partial charge in [0.2, 0.25) is 0 Å². The minimum atomic E-state index is 0. The summed E-state index contributed by atoms with van der Waals surface area (Å²) in [6.07, 6.45) is 2.43. The van der Waals surface area contributed by atoms with Gasteiger partial charge in [-0.25, -0.2) is 0 Å². The zero-order chi connectivity index (χ0) is 7.68. The molecule has 80 valence electrons. The van der Waals surface area contributed by atoms with E-state index in [9.17, 15) is 0 Å². The molecule has 0 aromatic carbocycles. The molecule has 2 aliphatic heterocycles. The quantitative estimate of drug-likeness (QED) is 0.662. The van der Waals surface area contributed by atoms with E-state index >= 15 is 0 Å². The molecule has 0 aromatic rings. The molecule has 0 spiro atoms. The van der Waals surface area contributed by atoms with Crippen molar-refractivity contribution in [3.63, 3.8) is 0 Å². The standard InChI is InChI=1S/C8H16N2O.2ClH/c9-7-2-1-3-10-4-5-11-6-8(7)10;;/h7-8H,1-6,9H2;2*1H. The molecular formula is C8H18Cl2N2O. The molecule has 2 rings (SSSR count).